The molecule has 0 radical (unpaired) electrons. The smallest absolute Gasteiger partial charge is 0.355 e. The van der Waals surface area contributed by atoms with Gasteiger partial charge in [0.25, 0.3) is 0 Å². The molecule has 26 heavy (non-hydrogen) atoms. The molecule has 6 heteroatoms. The highest BCUT2D eigenvalue weighted by atomic mass is 16.6. The van der Waals surface area contributed by atoms with Crippen molar-refractivity contribution in [2.24, 2.45) is 18.2 Å². The third-order valence-corrected chi connectivity index (χ3v) is 5.13. The van der Waals surface area contributed by atoms with E-state index in [9.17, 15) is 9.59 Å². The van der Waals surface area contributed by atoms with Crippen LogP contribution >= 0.6 is 0 Å². The maximum absolute atomic E-state index is 12.4. The summed E-state index contributed by atoms with van der Waals surface area (Å²) in [7, 11) is 1.68. The molecule has 1 fully saturated rings. The lowest BCUT2D eigenvalue weighted by atomic mass is 9.66. The van der Waals surface area contributed by atoms with Crippen LogP contribution in [0.2, 0.25) is 0 Å². The van der Waals surface area contributed by atoms with E-state index in [2.05, 4.69) is 0 Å². The lowest BCUT2D eigenvalue weighted by Gasteiger charge is -2.50. The van der Waals surface area contributed by atoms with Gasteiger partial charge < -0.3 is 19.8 Å². The number of ether oxygens (including phenoxy) is 2. The molecule has 3 rings (SSSR count). The largest absolute Gasteiger partial charge is 0.457 e. The van der Waals surface area contributed by atoms with Crippen molar-refractivity contribution in [2.75, 3.05) is 0 Å². The van der Waals surface area contributed by atoms with E-state index in [1.54, 1.807) is 11.6 Å². The molecule has 2 atom stereocenters. The molecule has 1 amide bonds. The van der Waals surface area contributed by atoms with E-state index in [4.69, 9.17) is 15.2 Å². The number of amides is 1. The number of nitrogens with two attached hydrogens (primary N) is 1. The van der Waals surface area contributed by atoms with Gasteiger partial charge in [0.15, 0.2) is 0 Å². The number of primary amides is 1. The second-order valence-corrected chi connectivity index (χ2v) is 7.33. The summed E-state index contributed by atoms with van der Waals surface area (Å²) in [6.45, 7) is 4.60. The lowest BCUT2D eigenvalue weighted by Crippen LogP contribution is -2.56. The molecule has 2 N–H and O–H groups in total. The molecule has 1 aliphatic carbocycles. The first-order chi connectivity index (χ1) is 12.3. The minimum Gasteiger partial charge on any atom is -0.457 e. The number of hydrogen-bond donors (Lipinski definition) is 1. The van der Waals surface area contributed by atoms with Gasteiger partial charge in [-0.1, -0.05) is 44.2 Å². The normalized spacial score (nSPS) is 21.0. The molecule has 0 saturated heterocycles. The molecule has 1 heterocycles. The first-order valence-electron chi connectivity index (χ1n) is 8.61. The average Bonchev–Trinajstić information content (AvgIpc) is 3.00. The van der Waals surface area contributed by atoms with Crippen LogP contribution in [0.1, 0.15) is 46.7 Å². The summed E-state index contributed by atoms with van der Waals surface area (Å²) in [5.74, 6) is -1.03. The first kappa shape index (κ1) is 18.2. The molecule has 138 valence electrons. The molecule has 0 aliphatic heterocycles. The van der Waals surface area contributed by atoms with Gasteiger partial charge in [-0.15, -0.1) is 0 Å². The van der Waals surface area contributed by atoms with Crippen molar-refractivity contribution in [2.45, 2.75) is 39.1 Å². The number of aryl methyl sites for hydroxylation is 1. The minimum atomic E-state index is -0.571. The average molecular weight is 356 g/mol. The summed E-state index contributed by atoms with van der Waals surface area (Å²) in [6, 6.07) is 11.4. The Morgan fingerprint density at radius 3 is 2.50 bits per heavy atom. The lowest BCUT2D eigenvalue weighted by molar-refractivity contribution is -0.181. The Kier molecular flexibility index (Phi) is 4.87. The van der Waals surface area contributed by atoms with Gasteiger partial charge in [0, 0.05) is 25.1 Å². The fraction of sp³-hybridized carbons (Fsp3) is 0.400. The SMILES string of the molecule is Cn1cc(C(N)=O)cc1C(=O)O[C@@H]1C[C@@H](OCc2ccccc2)C1(C)C. The summed E-state index contributed by atoms with van der Waals surface area (Å²) in [6.07, 6.45) is 1.97. The molecule has 1 aromatic carbocycles. The van der Waals surface area contributed by atoms with Crippen LogP contribution in [0.5, 0.6) is 0 Å². The molecule has 0 spiro atoms. The number of esters is 1. The summed E-state index contributed by atoms with van der Waals surface area (Å²) in [5, 5.41) is 0. The summed E-state index contributed by atoms with van der Waals surface area (Å²) >= 11 is 0. The van der Waals surface area contributed by atoms with Gasteiger partial charge in [-0.2, -0.15) is 0 Å². The maximum atomic E-state index is 12.4. The quantitative estimate of drug-likeness (QED) is 0.807. The predicted octanol–water partition coefficient (Wildman–Crippen LogP) is 2.66. The van der Waals surface area contributed by atoms with Gasteiger partial charge in [-0.05, 0) is 11.6 Å². The maximum Gasteiger partial charge on any atom is 0.355 e. The van der Waals surface area contributed by atoms with Crippen molar-refractivity contribution in [3.63, 3.8) is 0 Å². The number of carbonyl (C=O) groups is 2. The number of rotatable bonds is 6. The monoisotopic (exact) mass is 356 g/mol. The van der Waals surface area contributed by atoms with E-state index < -0.39 is 11.9 Å². The van der Waals surface area contributed by atoms with E-state index in [1.807, 2.05) is 44.2 Å². The van der Waals surface area contributed by atoms with Gasteiger partial charge in [-0.3, -0.25) is 4.79 Å². The van der Waals surface area contributed by atoms with E-state index >= 15 is 0 Å². The second-order valence-electron chi connectivity index (χ2n) is 7.33. The van der Waals surface area contributed by atoms with Gasteiger partial charge in [0.05, 0.1) is 18.3 Å². The Morgan fingerprint density at radius 1 is 1.23 bits per heavy atom. The highest BCUT2D eigenvalue weighted by Gasteiger charge is 2.51. The van der Waals surface area contributed by atoms with E-state index in [0.717, 1.165) is 5.56 Å². The Balaban J connectivity index is 1.58. The van der Waals surface area contributed by atoms with Crippen molar-refractivity contribution in [3.8, 4) is 0 Å². The molecule has 2 aromatic rings. The third kappa shape index (κ3) is 3.51. The van der Waals surface area contributed by atoms with Crippen LogP contribution in [-0.2, 0) is 23.1 Å². The van der Waals surface area contributed by atoms with Gasteiger partial charge >= 0.3 is 5.97 Å². The van der Waals surface area contributed by atoms with Crippen LogP contribution in [0.4, 0.5) is 0 Å². The molecule has 0 bridgehead atoms. The van der Waals surface area contributed by atoms with Gasteiger partial charge in [-0.25, -0.2) is 4.79 Å². The van der Waals surface area contributed by atoms with Crippen molar-refractivity contribution in [1.29, 1.82) is 0 Å². The zero-order chi connectivity index (χ0) is 18.9. The fourth-order valence-electron chi connectivity index (χ4n) is 3.19. The van der Waals surface area contributed by atoms with Crippen molar-refractivity contribution < 1.29 is 19.1 Å². The Bertz CT molecular complexity index is 810. The van der Waals surface area contributed by atoms with E-state index in [-0.39, 0.29) is 23.2 Å². The first-order valence-corrected chi connectivity index (χ1v) is 8.61. The van der Waals surface area contributed by atoms with Crippen LogP contribution in [-0.4, -0.2) is 28.7 Å². The standard InChI is InChI=1S/C20H24N2O4/c1-20(2)16(25-12-13-7-5-4-6-8-13)10-17(20)26-19(24)15-9-14(18(21)23)11-22(15)3/h4-9,11,16-17H,10,12H2,1-3H3,(H2,21,23)/t16-,17-/m1/s1. The Labute approximate surface area is 152 Å². The zero-order valence-corrected chi connectivity index (χ0v) is 15.3. The van der Waals surface area contributed by atoms with Crippen LogP contribution in [0.25, 0.3) is 0 Å². The summed E-state index contributed by atoms with van der Waals surface area (Å²) in [5.41, 5.74) is 6.69. The van der Waals surface area contributed by atoms with Crippen LogP contribution in [0, 0.1) is 5.41 Å². The zero-order valence-electron chi connectivity index (χ0n) is 15.3. The topological polar surface area (TPSA) is 83.6 Å². The highest BCUT2D eigenvalue weighted by molar-refractivity contribution is 5.96. The molecule has 0 unspecified atom stereocenters. The number of carbonyl (C=O) groups excluding carboxylic acids is 2. The van der Waals surface area contributed by atoms with Crippen LogP contribution in [0.15, 0.2) is 42.6 Å². The molecular weight excluding hydrogens is 332 g/mol. The van der Waals surface area contributed by atoms with Gasteiger partial charge in [0.1, 0.15) is 11.8 Å². The number of benzene rings is 1. The van der Waals surface area contributed by atoms with E-state index in [0.29, 0.717) is 18.7 Å². The third-order valence-electron chi connectivity index (χ3n) is 5.13. The van der Waals surface area contributed by atoms with Crippen molar-refractivity contribution in [3.05, 3.63) is 59.4 Å². The van der Waals surface area contributed by atoms with Crippen LogP contribution < -0.4 is 5.73 Å². The molecule has 1 aromatic heterocycles. The summed E-state index contributed by atoms with van der Waals surface area (Å²) < 4.78 is 13.2. The highest BCUT2D eigenvalue weighted by Crippen LogP contribution is 2.45. The summed E-state index contributed by atoms with van der Waals surface area (Å²) in [4.78, 5) is 23.7. The van der Waals surface area contributed by atoms with Crippen LogP contribution in [0.3, 0.4) is 0 Å². The fourth-order valence-corrected chi connectivity index (χ4v) is 3.19. The van der Waals surface area contributed by atoms with Crippen molar-refractivity contribution in [1.82, 2.24) is 4.57 Å². The van der Waals surface area contributed by atoms with Crippen molar-refractivity contribution >= 4 is 11.9 Å². The second kappa shape index (κ2) is 6.96. The van der Waals surface area contributed by atoms with E-state index in [1.165, 1.54) is 12.3 Å². The minimum absolute atomic E-state index is 0.0232. The molecule has 1 saturated carbocycles. The molecule has 1 aliphatic rings. The Hall–Kier alpha value is -2.60. The molecular formula is C20H24N2O4. The number of hydrogen-bond acceptors (Lipinski definition) is 4. The molecule has 6 nitrogen and oxygen atoms in total. The predicted molar refractivity (Wildman–Crippen MR) is 96.6 cm³/mol. The Morgan fingerprint density at radius 2 is 1.92 bits per heavy atom. The number of nitrogens with zero attached hydrogens (tertiary/aromatic N) is 1. The number of aromatic nitrogens is 1. The van der Waals surface area contributed by atoms with Gasteiger partial charge in [0.2, 0.25) is 5.91 Å².